The Morgan fingerprint density at radius 3 is 2.76 bits per heavy atom. The second-order valence-electron chi connectivity index (χ2n) is 4.24. The first kappa shape index (κ1) is 14.8. The van der Waals surface area contributed by atoms with E-state index in [2.05, 4.69) is 15.3 Å². The molecule has 0 unspecified atom stereocenters. The lowest BCUT2D eigenvalue weighted by molar-refractivity contribution is -0.384. The molecule has 0 radical (unpaired) electrons. The third-order valence-corrected chi connectivity index (χ3v) is 2.69. The molecule has 0 atom stereocenters. The summed E-state index contributed by atoms with van der Waals surface area (Å²) >= 11 is 0. The van der Waals surface area contributed by atoms with Gasteiger partial charge in [0.05, 0.1) is 4.92 Å². The van der Waals surface area contributed by atoms with Gasteiger partial charge in [0.25, 0.3) is 0 Å². The number of benzene rings is 1. The monoisotopic (exact) mass is 294 g/mol. The second-order valence-corrected chi connectivity index (χ2v) is 4.24. The molecule has 2 aromatic rings. The quantitative estimate of drug-likeness (QED) is 0.676. The van der Waals surface area contributed by atoms with E-state index in [0.29, 0.717) is 12.6 Å². The van der Waals surface area contributed by atoms with E-state index < -0.39 is 22.2 Å². The number of hydrogen-bond donors (Lipinski definition) is 1. The lowest BCUT2D eigenvalue weighted by Crippen LogP contribution is -2.07. The number of nitro groups is 1. The van der Waals surface area contributed by atoms with Gasteiger partial charge in [-0.25, -0.2) is 18.7 Å². The normalized spacial score (nSPS) is 10.4. The summed E-state index contributed by atoms with van der Waals surface area (Å²) in [5.74, 6) is -1.53. The Kier molecular flexibility index (Phi) is 4.36. The summed E-state index contributed by atoms with van der Waals surface area (Å²) in [5, 5.41) is 13.9. The molecule has 21 heavy (non-hydrogen) atoms. The molecule has 8 heteroatoms. The summed E-state index contributed by atoms with van der Waals surface area (Å²) in [6.45, 7) is 2.50. The van der Waals surface area contributed by atoms with Crippen LogP contribution in [-0.4, -0.2) is 21.4 Å². The van der Waals surface area contributed by atoms with Crippen LogP contribution < -0.4 is 5.32 Å². The van der Waals surface area contributed by atoms with Gasteiger partial charge in [-0.3, -0.25) is 10.1 Å². The molecule has 110 valence electrons. The van der Waals surface area contributed by atoms with E-state index in [-0.39, 0.29) is 17.2 Å². The number of halogens is 2. The van der Waals surface area contributed by atoms with Gasteiger partial charge in [0.2, 0.25) is 5.95 Å². The van der Waals surface area contributed by atoms with Crippen molar-refractivity contribution in [2.45, 2.75) is 13.3 Å². The average molecular weight is 294 g/mol. The molecule has 0 aliphatic heterocycles. The van der Waals surface area contributed by atoms with Gasteiger partial charge >= 0.3 is 5.69 Å². The number of anilines is 1. The zero-order chi connectivity index (χ0) is 15.4. The molecule has 0 aliphatic carbocycles. The Labute approximate surface area is 119 Å². The Hall–Kier alpha value is -2.64. The van der Waals surface area contributed by atoms with Crippen LogP contribution in [0.4, 0.5) is 20.4 Å². The Morgan fingerprint density at radius 2 is 2.14 bits per heavy atom. The van der Waals surface area contributed by atoms with Gasteiger partial charge in [-0.05, 0) is 18.6 Å². The molecule has 1 heterocycles. The highest BCUT2D eigenvalue weighted by Crippen LogP contribution is 2.30. The van der Waals surface area contributed by atoms with E-state index in [1.54, 1.807) is 0 Å². The molecule has 0 fully saturated rings. The number of nitrogens with one attached hydrogen (secondary N) is 1. The summed E-state index contributed by atoms with van der Waals surface area (Å²) < 4.78 is 26.8. The zero-order valence-corrected chi connectivity index (χ0v) is 11.1. The molecule has 0 amide bonds. The van der Waals surface area contributed by atoms with Crippen LogP contribution in [-0.2, 0) is 0 Å². The van der Waals surface area contributed by atoms with Crippen LogP contribution in [0.15, 0.2) is 24.4 Å². The van der Waals surface area contributed by atoms with E-state index in [9.17, 15) is 18.9 Å². The predicted octanol–water partition coefficient (Wildman–Crippen LogP) is 3.15. The van der Waals surface area contributed by atoms with Gasteiger partial charge in [-0.2, -0.15) is 0 Å². The van der Waals surface area contributed by atoms with Gasteiger partial charge in [0.1, 0.15) is 17.8 Å². The van der Waals surface area contributed by atoms with Gasteiger partial charge in [-0.1, -0.05) is 6.92 Å². The number of hydrogen-bond acceptors (Lipinski definition) is 5. The lowest BCUT2D eigenvalue weighted by Gasteiger charge is -2.07. The summed E-state index contributed by atoms with van der Waals surface area (Å²) in [5.41, 5.74) is -0.779. The van der Waals surface area contributed by atoms with Crippen LogP contribution in [0.25, 0.3) is 11.3 Å². The van der Waals surface area contributed by atoms with Gasteiger partial charge in [0.15, 0.2) is 5.69 Å². The van der Waals surface area contributed by atoms with Gasteiger partial charge in [0, 0.05) is 18.2 Å². The maximum atomic E-state index is 13.8. The summed E-state index contributed by atoms with van der Waals surface area (Å²) in [4.78, 5) is 18.1. The Morgan fingerprint density at radius 1 is 1.38 bits per heavy atom. The zero-order valence-electron chi connectivity index (χ0n) is 11.1. The number of rotatable bonds is 5. The third kappa shape index (κ3) is 3.28. The number of nitrogens with zero attached hydrogens (tertiary/aromatic N) is 3. The molecule has 0 bridgehead atoms. The van der Waals surface area contributed by atoms with Crippen molar-refractivity contribution >= 4 is 11.6 Å². The Balaban J connectivity index is 2.54. The second kappa shape index (κ2) is 6.21. The molecule has 1 aromatic heterocycles. The van der Waals surface area contributed by atoms with E-state index in [4.69, 9.17) is 0 Å². The van der Waals surface area contributed by atoms with Crippen molar-refractivity contribution in [1.29, 1.82) is 0 Å². The lowest BCUT2D eigenvalue weighted by atomic mass is 10.1. The van der Waals surface area contributed by atoms with Crippen molar-refractivity contribution in [2.24, 2.45) is 0 Å². The first-order valence-corrected chi connectivity index (χ1v) is 6.23. The maximum Gasteiger partial charge on any atom is 0.313 e. The third-order valence-electron chi connectivity index (χ3n) is 2.69. The van der Waals surface area contributed by atoms with Crippen molar-refractivity contribution in [3.05, 3.63) is 46.1 Å². The van der Waals surface area contributed by atoms with Crippen LogP contribution in [0.5, 0.6) is 0 Å². The molecule has 1 N–H and O–H groups in total. The summed E-state index contributed by atoms with van der Waals surface area (Å²) in [6.07, 6.45) is 1.81. The van der Waals surface area contributed by atoms with Crippen LogP contribution in [0.1, 0.15) is 13.3 Å². The predicted molar refractivity (Wildman–Crippen MR) is 72.8 cm³/mol. The van der Waals surface area contributed by atoms with Gasteiger partial charge in [-0.15, -0.1) is 0 Å². The average Bonchev–Trinajstić information content (AvgIpc) is 2.44. The van der Waals surface area contributed by atoms with E-state index in [1.807, 2.05) is 6.92 Å². The first-order chi connectivity index (χ1) is 10.0. The molecular formula is C13H12F2N4O2. The standard InChI is InChI=1S/C13H12F2N4O2/c1-2-5-16-13-17-7-11(19(20)21)12(18-13)9-4-3-8(14)6-10(9)15/h3-4,6-7H,2,5H2,1H3,(H,16,17,18). The van der Waals surface area contributed by atoms with E-state index in [1.165, 1.54) is 0 Å². The van der Waals surface area contributed by atoms with Gasteiger partial charge < -0.3 is 5.32 Å². The van der Waals surface area contributed by atoms with Crippen molar-refractivity contribution in [3.63, 3.8) is 0 Å². The van der Waals surface area contributed by atoms with Crippen LogP contribution in [0.3, 0.4) is 0 Å². The van der Waals surface area contributed by atoms with Crippen LogP contribution in [0, 0.1) is 21.7 Å². The summed E-state index contributed by atoms with van der Waals surface area (Å²) in [6, 6.07) is 2.79. The maximum absolute atomic E-state index is 13.8. The van der Waals surface area contributed by atoms with Crippen LogP contribution in [0.2, 0.25) is 0 Å². The van der Waals surface area contributed by atoms with Crippen molar-refractivity contribution < 1.29 is 13.7 Å². The highest BCUT2D eigenvalue weighted by Gasteiger charge is 2.21. The molecule has 0 saturated carbocycles. The SMILES string of the molecule is CCCNc1ncc([N+](=O)[O-])c(-c2ccc(F)cc2F)n1. The highest BCUT2D eigenvalue weighted by molar-refractivity contribution is 5.70. The van der Waals surface area contributed by atoms with Crippen molar-refractivity contribution in [3.8, 4) is 11.3 Å². The molecule has 0 spiro atoms. The fraction of sp³-hybridized carbons (Fsp3) is 0.231. The Bertz CT molecular complexity index is 679. The number of aromatic nitrogens is 2. The van der Waals surface area contributed by atoms with E-state index in [0.717, 1.165) is 24.8 Å². The largest absolute Gasteiger partial charge is 0.354 e. The van der Waals surface area contributed by atoms with Crippen LogP contribution >= 0.6 is 0 Å². The fourth-order valence-electron chi connectivity index (χ4n) is 1.71. The molecule has 2 rings (SSSR count). The molecule has 1 aromatic carbocycles. The highest BCUT2D eigenvalue weighted by atomic mass is 19.1. The van der Waals surface area contributed by atoms with Crippen molar-refractivity contribution in [1.82, 2.24) is 9.97 Å². The summed E-state index contributed by atoms with van der Waals surface area (Å²) in [7, 11) is 0. The van der Waals surface area contributed by atoms with E-state index >= 15 is 0 Å². The molecule has 0 aliphatic rings. The molecule has 0 saturated heterocycles. The molecular weight excluding hydrogens is 282 g/mol. The minimum absolute atomic E-state index is 0.148. The minimum Gasteiger partial charge on any atom is -0.354 e. The topological polar surface area (TPSA) is 81.0 Å². The van der Waals surface area contributed by atoms with Crippen molar-refractivity contribution in [2.75, 3.05) is 11.9 Å². The minimum atomic E-state index is -0.918. The first-order valence-electron chi connectivity index (χ1n) is 6.23. The smallest absolute Gasteiger partial charge is 0.313 e. The fourth-order valence-corrected chi connectivity index (χ4v) is 1.71. The molecule has 6 nitrogen and oxygen atoms in total.